The molecule has 13 heteroatoms. The van der Waals surface area contributed by atoms with Crippen LogP contribution in [-0.4, -0.2) is 78.1 Å². The molecule has 0 atom stereocenters. The maximum absolute atomic E-state index is 12.1. The van der Waals surface area contributed by atoms with E-state index in [1.54, 1.807) is 6.07 Å². The van der Waals surface area contributed by atoms with Gasteiger partial charge in [0, 0.05) is 0 Å². The van der Waals surface area contributed by atoms with E-state index < -0.39 is 18.8 Å². The normalized spacial score (nSPS) is 18.0. The van der Waals surface area contributed by atoms with Crippen LogP contribution in [-0.2, 0) is 17.8 Å². The van der Waals surface area contributed by atoms with Gasteiger partial charge in [-0.05, 0) is 28.5 Å². The lowest BCUT2D eigenvalue weighted by Gasteiger charge is -2.40. The van der Waals surface area contributed by atoms with Crippen molar-refractivity contribution in [2.24, 2.45) is 0 Å². The molecule has 0 radical (unpaired) electrons. The van der Waals surface area contributed by atoms with Gasteiger partial charge in [0.15, 0.2) is 0 Å². The molecule has 12 nitrogen and oxygen atoms in total. The van der Waals surface area contributed by atoms with Crippen LogP contribution in [0, 0.1) is 0 Å². The number of aryl methyl sites for hydroxylation is 1. The van der Waals surface area contributed by atoms with Crippen molar-refractivity contribution in [3.05, 3.63) is 29.6 Å². The Labute approximate surface area is 158 Å². The molecule has 1 aromatic carbocycles. The minimum absolute atomic E-state index is 0.00392. The Morgan fingerprint density at radius 1 is 1.32 bits per heavy atom. The largest absolute Gasteiger partial charge is 0.669 e. The van der Waals surface area contributed by atoms with Gasteiger partial charge in [-0.25, -0.2) is 9.48 Å². The molecule has 148 valence electrons. The van der Waals surface area contributed by atoms with Gasteiger partial charge in [-0.3, -0.25) is 4.79 Å². The van der Waals surface area contributed by atoms with Crippen LogP contribution in [0.2, 0.25) is 6.32 Å². The quantitative estimate of drug-likeness (QED) is 0.514. The summed E-state index contributed by atoms with van der Waals surface area (Å²) in [5.41, 5.74) is 0.308. The highest BCUT2D eigenvalue weighted by atomic mass is 16.6. The molecule has 3 N–H and O–H groups in total. The molecule has 0 unspecified atom stereocenters. The molecule has 0 saturated carbocycles. The van der Waals surface area contributed by atoms with Crippen molar-refractivity contribution in [3.63, 3.8) is 0 Å². The standard InChI is InChI=1S/C15H17BN5O7/c22-12(7-21-8-17-18-19-21)20-5-10(6-20)27-11-2-1-9-3-4-16(25,26)28-14(9)13(11)15(23)24/h1-2,8,10,25-26H,3-7H2,(H,23,24)/q-1. The average Bonchev–Trinajstić information content (AvgIpc) is 3.08. The van der Waals surface area contributed by atoms with E-state index in [0.717, 1.165) is 0 Å². The fourth-order valence-electron chi connectivity index (χ4n) is 3.22. The zero-order valence-corrected chi connectivity index (χ0v) is 14.6. The second-order valence-electron chi connectivity index (χ2n) is 6.79. The number of carboxylic acids is 1. The van der Waals surface area contributed by atoms with Crippen LogP contribution in [0.25, 0.3) is 0 Å². The summed E-state index contributed by atoms with van der Waals surface area (Å²) in [6, 6.07) is 3.16. The van der Waals surface area contributed by atoms with Gasteiger partial charge in [-0.1, -0.05) is 12.4 Å². The Morgan fingerprint density at radius 3 is 2.79 bits per heavy atom. The first-order valence-corrected chi connectivity index (χ1v) is 8.66. The van der Waals surface area contributed by atoms with Gasteiger partial charge in [0.1, 0.15) is 30.3 Å². The number of amides is 1. The van der Waals surface area contributed by atoms with Crippen molar-refractivity contribution >= 4 is 18.6 Å². The van der Waals surface area contributed by atoms with Crippen molar-refractivity contribution in [3.8, 4) is 11.5 Å². The molecule has 1 aromatic heterocycles. The third-order valence-corrected chi connectivity index (χ3v) is 4.69. The number of tetrazole rings is 1. The third-order valence-electron chi connectivity index (χ3n) is 4.69. The first kappa shape index (κ1) is 18.2. The predicted molar refractivity (Wildman–Crippen MR) is 91.5 cm³/mol. The maximum atomic E-state index is 12.1. The zero-order valence-electron chi connectivity index (χ0n) is 14.6. The highest BCUT2D eigenvalue weighted by Gasteiger charge is 2.36. The van der Waals surface area contributed by atoms with E-state index in [1.165, 1.54) is 22.0 Å². The minimum Gasteiger partial charge on any atom is -0.669 e. The Kier molecular flexibility index (Phi) is 4.39. The first-order chi connectivity index (χ1) is 13.3. The molecule has 28 heavy (non-hydrogen) atoms. The number of rotatable bonds is 5. The monoisotopic (exact) mass is 390 g/mol. The second kappa shape index (κ2) is 6.76. The van der Waals surface area contributed by atoms with Gasteiger partial charge < -0.3 is 29.4 Å². The van der Waals surface area contributed by atoms with E-state index in [1.807, 2.05) is 0 Å². The van der Waals surface area contributed by atoms with E-state index >= 15 is 0 Å². The topological polar surface area (TPSA) is 160 Å². The summed E-state index contributed by atoms with van der Waals surface area (Å²) in [7, 11) is 0. The summed E-state index contributed by atoms with van der Waals surface area (Å²) >= 11 is 0. The van der Waals surface area contributed by atoms with Gasteiger partial charge in [-0.2, -0.15) is 0 Å². The van der Waals surface area contributed by atoms with Crippen LogP contribution in [0.4, 0.5) is 0 Å². The van der Waals surface area contributed by atoms with Gasteiger partial charge in [0.2, 0.25) is 5.91 Å². The third kappa shape index (κ3) is 3.49. The number of carboxylic acid groups (broad SMARTS) is 1. The smallest absolute Gasteiger partial charge is 0.430 e. The molecule has 1 saturated heterocycles. The minimum atomic E-state index is -3.10. The Hall–Kier alpha value is -3.19. The number of likely N-dealkylation sites (tertiary alicyclic amines) is 1. The lowest BCUT2D eigenvalue weighted by atomic mass is 9.70. The molecule has 2 aliphatic rings. The molecule has 3 heterocycles. The van der Waals surface area contributed by atoms with E-state index in [2.05, 4.69) is 15.5 Å². The molecule has 2 aromatic rings. The Morgan fingerprint density at radius 2 is 2.11 bits per heavy atom. The van der Waals surface area contributed by atoms with Gasteiger partial charge in [0.05, 0.1) is 18.8 Å². The summed E-state index contributed by atoms with van der Waals surface area (Å²) in [6.45, 7) is -2.53. The lowest BCUT2D eigenvalue weighted by Crippen LogP contribution is -2.57. The molecular weight excluding hydrogens is 373 g/mol. The summed E-state index contributed by atoms with van der Waals surface area (Å²) in [4.78, 5) is 25.4. The number of carbonyl (C=O) groups is 2. The van der Waals surface area contributed by atoms with Crippen LogP contribution in [0.3, 0.4) is 0 Å². The van der Waals surface area contributed by atoms with Crippen LogP contribution in [0.1, 0.15) is 15.9 Å². The zero-order chi connectivity index (χ0) is 19.9. The van der Waals surface area contributed by atoms with Gasteiger partial charge in [0.25, 0.3) is 0 Å². The number of aromatic nitrogens is 4. The van der Waals surface area contributed by atoms with Crippen LogP contribution >= 0.6 is 0 Å². The number of ether oxygens (including phenoxy) is 1. The lowest BCUT2D eigenvalue weighted by molar-refractivity contribution is -0.140. The van der Waals surface area contributed by atoms with Crippen LogP contribution < -0.4 is 9.39 Å². The summed E-state index contributed by atoms with van der Waals surface area (Å²) in [5.74, 6) is -1.52. The molecular formula is C15H17BN5O7-. The summed E-state index contributed by atoms with van der Waals surface area (Å²) < 4.78 is 12.2. The number of hydrogen-bond donors (Lipinski definition) is 3. The summed E-state index contributed by atoms with van der Waals surface area (Å²) in [6.07, 6.45) is 1.22. The van der Waals surface area contributed by atoms with E-state index in [9.17, 15) is 24.7 Å². The summed E-state index contributed by atoms with van der Waals surface area (Å²) in [5, 5.41) is 39.6. The number of aromatic carboxylic acids is 1. The molecule has 0 spiro atoms. The highest BCUT2D eigenvalue weighted by Crippen LogP contribution is 2.38. The molecule has 0 bridgehead atoms. The van der Waals surface area contributed by atoms with Gasteiger partial charge >= 0.3 is 12.7 Å². The number of hydrogen-bond acceptors (Lipinski definition) is 9. The fraction of sp³-hybridized carbons (Fsp3) is 0.400. The highest BCUT2D eigenvalue weighted by molar-refractivity contribution is 6.59. The van der Waals surface area contributed by atoms with Crippen molar-refractivity contribution in [1.82, 2.24) is 25.1 Å². The number of carbonyl (C=O) groups excluding carboxylic acids is 1. The van der Waals surface area contributed by atoms with Crippen LogP contribution in [0.15, 0.2) is 18.5 Å². The van der Waals surface area contributed by atoms with Crippen molar-refractivity contribution in [2.75, 3.05) is 13.1 Å². The number of benzene rings is 1. The molecule has 0 aliphatic carbocycles. The van der Waals surface area contributed by atoms with E-state index in [0.29, 0.717) is 5.56 Å². The van der Waals surface area contributed by atoms with Crippen molar-refractivity contribution in [2.45, 2.75) is 25.4 Å². The second-order valence-corrected chi connectivity index (χ2v) is 6.79. The van der Waals surface area contributed by atoms with Crippen LogP contribution in [0.5, 0.6) is 11.5 Å². The van der Waals surface area contributed by atoms with Crippen molar-refractivity contribution in [1.29, 1.82) is 0 Å². The SMILES string of the molecule is O=C(O)c1c(OC2CN(C(=O)Cn3cnnn3)C2)ccc2c1O[B-](O)(O)CC2. The molecule has 4 rings (SSSR count). The Balaban J connectivity index is 1.45. The first-order valence-electron chi connectivity index (χ1n) is 8.66. The molecule has 1 fully saturated rings. The Bertz CT molecular complexity index is 914. The molecule has 1 amide bonds. The van der Waals surface area contributed by atoms with Gasteiger partial charge in [-0.15, -0.1) is 5.10 Å². The fourth-order valence-corrected chi connectivity index (χ4v) is 3.22. The number of fused-ring (bicyclic) bond motifs is 1. The average molecular weight is 390 g/mol. The maximum Gasteiger partial charge on any atom is 0.430 e. The molecule has 2 aliphatic heterocycles. The van der Waals surface area contributed by atoms with E-state index in [-0.39, 0.29) is 55.3 Å². The predicted octanol–water partition coefficient (Wildman–Crippen LogP) is -1.48. The number of nitrogens with zero attached hydrogens (tertiary/aromatic N) is 5. The van der Waals surface area contributed by atoms with Crippen molar-refractivity contribution < 1.29 is 34.1 Å². The van der Waals surface area contributed by atoms with E-state index in [4.69, 9.17) is 9.39 Å².